The molecular weight excluding hydrogens is 225 g/mol. The molecule has 0 aromatic heterocycles. The lowest BCUT2D eigenvalue weighted by Gasteiger charge is -2.16. The largest absolute Gasteiger partial charge is 0.493 e. The van der Waals surface area contributed by atoms with Crippen LogP contribution < -0.4 is 10.5 Å². The van der Waals surface area contributed by atoms with Gasteiger partial charge in [-0.05, 0) is 25.0 Å². The fourth-order valence-electron chi connectivity index (χ4n) is 1.68. The van der Waals surface area contributed by atoms with Crippen LogP contribution >= 0.6 is 0 Å². The average Bonchev–Trinajstić information content (AvgIpc) is 2.24. The van der Waals surface area contributed by atoms with Crippen LogP contribution in [0.4, 0.5) is 4.39 Å². The van der Waals surface area contributed by atoms with Crippen LogP contribution in [0.3, 0.4) is 0 Å². The van der Waals surface area contributed by atoms with E-state index in [1.807, 2.05) is 0 Å². The lowest BCUT2D eigenvalue weighted by atomic mass is 9.99. The number of hydrogen-bond acceptors (Lipinski definition) is 3. The molecule has 94 valence electrons. The topological polar surface area (TPSA) is 72.5 Å². The molecule has 5 heteroatoms. The molecular formula is C12H16FNO3. The molecule has 0 saturated heterocycles. The Bertz CT molecular complexity index is 420. The Hall–Kier alpha value is -1.62. The van der Waals surface area contributed by atoms with E-state index in [1.54, 1.807) is 13.0 Å². The SMILES string of the molecule is COc1c(F)cc(C)cc1C(N)CCC(=O)O. The maximum Gasteiger partial charge on any atom is 0.303 e. The molecule has 0 aliphatic carbocycles. The van der Waals surface area contributed by atoms with Gasteiger partial charge in [-0.3, -0.25) is 4.79 Å². The summed E-state index contributed by atoms with van der Waals surface area (Å²) in [6, 6.07) is 2.52. The average molecular weight is 241 g/mol. The molecule has 0 saturated carbocycles. The molecule has 0 aliphatic rings. The van der Waals surface area contributed by atoms with Gasteiger partial charge in [-0.1, -0.05) is 6.07 Å². The van der Waals surface area contributed by atoms with E-state index in [1.165, 1.54) is 13.2 Å². The van der Waals surface area contributed by atoms with Gasteiger partial charge in [-0.2, -0.15) is 0 Å². The van der Waals surface area contributed by atoms with Gasteiger partial charge in [-0.15, -0.1) is 0 Å². The minimum Gasteiger partial charge on any atom is -0.493 e. The molecule has 0 fully saturated rings. The highest BCUT2D eigenvalue weighted by Gasteiger charge is 2.17. The fourth-order valence-corrected chi connectivity index (χ4v) is 1.68. The first-order valence-electron chi connectivity index (χ1n) is 5.27. The standard InChI is InChI=1S/C12H16FNO3/c1-7-5-8(10(14)3-4-11(15)16)12(17-2)9(13)6-7/h5-6,10H,3-4,14H2,1-2H3,(H,15,16). The van der Waals surface area contributed by atoms with Crippen LogP contribution in [0.15, 0.2) is 12.1 Å². The summed E-state index contributed by atoms with van der Waals surface area (Å²) in [5.74, 6) is -1.31. The van der Waals surface area contributed by atoms with Gasteiger partial charge in [0.2, 0.25) is 0 Å². The van der Waals surface area contributed by atoms with E-state index < -0.39 is 17.8 Å². The Labute approximate surface area is 99.2 Å². The highest BCUT2D eigenvalue weighted by Crippen LogP contribution is 2.30. The van der Waals surface area contributed by atoms with Gasteiger partial charge < -0.3 is 15.6 Å². The lowest BCUT2D eigenvalue weighted by Crippen LogP contribution is -2.14. The molecule has 3 N–H and O–H groups in total. The number of carboxylic acids is 1. The monoisotopic (exact) mass is 241 g/mol. The number of nitrogens with two attached hydrogens (primary N) is 1. The quantitative estimate of drug-likeness (QED) is 0.827. The van der Waals surface area contributed by atoms with Crippen LogP contribution in [-0.4, -0.2) is 18.2 Å². The number of benzene rings is 1. The number of ether oxygens (including phenoxy) is 1. The molecule has 0 aliphatic heterocycles. The zero-order valence-electron chi connectivity index (χ0n) is 9.87. The number of methoxy groups -OCH3 is 1. The van der Waals surface area contributed by atoms with Crippen LogP contribution in [0, 0.1) is 12.7 Å². The molecule has 1 aromatic carbocycles. The van der Waals surface area contributed by atoms with Gasteiger partial charge in [-0.25, -0.2) is 4.39 Å². The van der Waals surface area contributed by atoms with Crippen molar-refractivity contribution in [2.24, 2.45) is 5.73 Å². The maximum absolute atomic E-state index is 13.6. The van der Waals surface area contributed by atoms with Gasteiger partial charge in [0.05, 0.1) is 7.11 Å². The summed E-state index contributed by atoms with van der Waals surface area (Å²) in [5.41, 5.74) is 7.08. The highest BCUT2D eigenvalue weighted by atomic mass is 19.1. The van der Waals surface area contributed by atoms with E-state index in [2.05, 4.69) is 0 Å². The molecule has 0 heterocycles. The third-order valence-corrected chi connectivity index (χ3v) is 2.49. The Morgan fingerprint density at radius 1 is 1.59 bits per heavy atom. The van der Waals surface area contributed by atoms with Crippen molar-refractivity contribution in [3.05, 3.63) is 29.1 Å². The number of aryl methyl sites for hydroxylation is 1. The second kappa shape index (κ2) is 5.63. The lowest BCUT2D eigenvalue weighted by molar-refractivity contribution is -0.137. The first-order chi connectivity index (χ1) is 7.95. The third kappa shape index (κ3) is 3.42. The first kappa shape index (κ1) is 13.4. The molecule has 1 rings (SSSR count). The molecule has 0 spiro atoms. The molecule has 1 aromatic rings. The highest BCUT2D eigenvalue weighted by molar-refractivity contribution is 5.66. The molecule has 1 unspecified atom stereocenters. The second-order valence-electron chi connectivity index (χ2n) is 3.91. The number of hydrogen-bond donors (Lipinski definition) is 2. The van der Waals surface area contributed by atoms with Crippen molar-refractivity contribution < 1.29 is 19.0 Å². The van der Waals surface area contributed by atoms with Crippen molar-refractivity contribution in [2.45, 2.75) is 25.8 Å². The Morgan fingerprint density at radius 2 is 2.24 bits per heavy atom. The third-order valence-electron chi connectivity index (χ3n) is 2.49. The summed E-state index contributed by atoms with van der Waals surface area (Å²) in [6.45, 7) is 1.75. The van der Waals surface area contributed by atoms with Crippen molar-refractivity contribution in [1.82, 2.24) is 0 Å². The van der Waals surface area contributed by atoms with E-state index in [9.17, 15) is 9.18 Å². The zero-order chi connectivity index (χ0) is 13.0. The summed E-state index contributed by atoms with van der Waals surface area (Å²) in [5, 5.41) is 8.58. The minimum absolute atomic E-state index is 0.0557. The van der Waals surface area contributed by atoms with Crippen molar-refractivity contribution in [2.75, 3.05) is 7.11 Å². The van der Waals surface area contributed by atoms with Crippen LogP contribution in [-0.2, 0) is 4.79 Å². The molecule has 4 nitrogen and oxygen atoms in total. The van der Waals surface area contributed by atoms with Crippen LogP contribution in [0.2, 0.25) is 0 Å². The van der Waals surface area contributed by atoms with Gasteiger partial charge in [0, 0.05) is 18.0 Å². The predicted octanol–water partition coefficient (Wildman–Crippen LogP) is 2.01. The van der Waals surface area contributed by atoms with Crippen molar-refractivity contribution in [3.63, 3.8) is 0 Å². The van der Waals surface area contributed by atoms with Gasteiger partial charge >= 0.3 is 5.97 Å². The Kier molecular flexibility index (Phi) is 4.45. The fraction of sp³-hybridized carbons (Fsp3) is 0.417. The number of carboxylic acid groups (broad SMARTS) is 1. The molecule has 17 heavy (non-hydrogen) atoms. The number of halogens is 1. The van der Waals surface area contributed by atoms with E-state index in [0.29, 0.717) is 5.56 Å². The number of aliphatic carboxylic acids is 1. The summed E-state index contributed by atoms with van der Waals surface area (Å²) >= 11 is 0. The summed E-state index contributed by atoms with van der Waals surface area (Å²) < 4.78 is 18.5. The normalized spacial score (nSPS) is 12.2. The summed E-state index contributed by atoms with van der Waals surface area (Å²) in [4.78, 5) is 10.5. The second-order valence-corrected chi connectivity index (χ2v) is 3.91. The first-order valence-corrected chi connectivity index (χ1v) is 5.27. The van der Waals surface area contributed by atoms with Crippen LogP contribution in [0.5, 0.6) is 5.75 Å². The van der Waals surface area contributed by atoms with Gasteiger partial charge in [0.25, 0.3) is 0 Å². The van der Waals surface area contributed by atoms with Gasteiger partial charge in [0.1, 0.15) is 0 Å². The minimum atomic E-state index is -0.924. The number of carbonyl (C=O) groups is 1. The summed E-state index contributed by atoms with van der Waals surface area (Å²) in [6.07, 6.45) is 0.189. The molecule has 0 bridgehead atoms. The predicted molar refractivity (Wildman–Crippen MR) is 61.5 cm³/mol. The summed E-state index contributed by atoms with van der Waals surface area (Å²) in [7, 11) is 1.36. The van der Waals surface area contributed by atoms with E-state index in [-0.39, 0.29) is 18.6 Å². The van der Waals surface area contributed by atoms with Crippen molar-refractivity contribution >= 4 is 5.97 Å². The van der Waals surface area contributed by atoms with E-state index >= 15 is 0 Å². The van der Waals surface area contributed by atoms with E-state index in [4.69, 9.17) is 15.6 Å². The Balaban J connectivity index is 2.98. The van der Waals surface area contributed by atoms with Crippen LogP contribution in [0.1, 0.15) is 30.0 Å². The van der Waals surface area contributed by atoms with Crippen LogP contribution in [0.25, 0.3) is 0 Å². The van der Waals surface area contributed by atoms with E-state index in [0.717, 1.165) is 5.56 Å². The van der Waals surface area contributed by atoms with Crippen molar-refractivity contribution in [3.8, 4) is 5.75 Å². The smallest absolute Gasteiger partial charge is 0.303 e. The maximum atomic E-state index is 13.6. The molecule has 0 amide bonds. The van der Waals surface area contributed by atoms with Crippen molar-refractivity contribution in [1.29, 1.82) is 0 Å². The Morgan fingerprint density at radius 3 is 2.76 bits per heavy atom. The van der Waals surface area contributed by atoms with Gasteiger partial charge in [0.15, 0.2) is 11.6 Å². The zero-order valence-corrected chi connectivity index (χ0v) is 9.87. The number of rotatable bonds is 5. The molecule has 1 atom stereocenters. The molecule has 0 radical (unpaired) electrons.